The van der Waals surface area contributed by atoms with Crippen LogP contribution in [-0.2, 0) is 17.6 Å². The third kappa shape index (κ3) is 2.84. The second-order valence-corrected chi connectivity index (χ2v) is 7.64. The number of hydrogen-bond donors (Lipinski definition) is 1. The molecule has 1 amide bonds. The highest BCUT2D eigenvalue weighted by molar-refractivity contribution is 6.11. The van der Waals surface area contributed by atoms with Gasteiger partial charge in [0.05, 0.1) is 5.71 Å². The van der Waals surface area contributed by atoms with Crippen molar-refractivity contribution >= 4 is 22.4 Å². The topological polar surface area (TPSA) is 41.5 Å². The van der Waals surface area contributed by atoms with E-state index in [1.54, 1.807) is 0 Å². The summed E-state index contributed by atoms with van der Waals surface area (Å²) in [5, 5.41) is 7.05. The Morgan fingerprint density at radius 1 is 0.963 bits per heavy atom. The van der Waals surface area contributed by atoms with Crippen molar-refractivity contribution in [2.75, 3.05) is 0 Å². The minimum Gasteiger partial charge on any atom is -0.273 e. The van der Waals surface area contributed by atoms with E-state index in [4.69, 9.17) is 0 Å². The number of hydrazone groups is 1. The summed E-state index contributed by atoms with van der Waals surface area (Å²) in [5.41, 5.74) is 8.85. The molecule has 3 nitrogen and oxygen atoms in total. The summed E-state index contributed by atoms with van der Waals surface area (Å²) in [6.07, 6.45) is 3.14. The molecule has 0 radical (unpaired) electrons. The second kappa shape index (κ2) is 6.34. The molecule has 5 rings (SSSR count). The molecule has 2 aliphatic carbocycles. The molecule has 1 saturated carbocycles. The van der Waals surface area contributed by atoms with Gasteiger partial charge in [-0.25, -0.2) is 5.43 Å². The van der Waals surface area contributed by atoms with Crippen LogP contribution in [-0.4, -0.2) is 11.6 Å². The monoisotopic (exact) mass is 354 g/mol. The van der Waals surface area contributed by atoms with Gasteiger partial charge >= 0.3 is 0 Å². The fourth-order valence-electron chi connectivity index (χ4n) is 4.40. The van der Waals surface area contributed by atoms with Crippen LogP contribution < -0.4 is 5.43 Å². The van der Waals surface area contributed by atoms with E-state index in [1.807, 2.05) is 25.1 Å². The Morgan fingerprint density at radius 3 is 2.56 bits per heavy atom. The third-order valence-corrected chi connectivity index (χ3v) is 5.96. The zero-order chi connectivity index (χ0) is 18.4. The van der Waals surface area contributed by atoms with Crippen molar-refractivity contribution in [3.8, 4) is 0 Å². The van der Waals surface area contributed by atoms with E-state index in [9.17, 15) is 4.79 Å². The first-order valence-corrected chi connectivity index (χ1v) is 9.65. The Labute approximate surface area is 159 Å². The summed E-state index contributed by atoms with van der Waals surface area (Å²) in [6.45, 7) is 1.97. The highest BCUT2D eigenvalue weighted by Gasteiger charge is 2.43. The number of benzene rings is 3. The van der Waals surface area contributed by atoms with Crippen LogP contribution in [0.2, 0.25) is 0 Å². The van der Waals surface area contributed by atoms with Crippen molar-refractivity contribution in [2.24, 2.45) is 11.0 Å². The van der Waals surface area contributed by atoms with E-state index in [-0.39, 0.29) is 11.8 Å². The Balaban J connectivity index is 1.35. The van der Waals surface area contributed by atoms with Gasteiger partial charge in [-0.05, 0) is 59.6 Å². The first kappa shape index (κ1) is 16.2. The van der Waals surface area contributed by atoms with E-state index in [0.717, 1.165) is 30.5 Å². The average Bonchev–Trinajstić information content (AvgIpc) is 3.41. The number of carbonyl (C=O) groups excluding carboxylic acids is 1. The highest BCUT2D eigenvalue weighted by atomic mass is 16.2. The van der Waals surface area contributed by atoms with Gasteiger partial charge in [0.1, 0.15) is 0 Å². The maximum atomic E-state index is 12.5. The Bertz CT molecular complexity index is 1060. The molecule has 0 aliphatic heterocycles. The maximum Gasteiger partial charge on any atom is 0.243 e. The van der Waals surface area contributed by atoms with Crippen LogP contribution in [0, 0.1) is 5.92 Å². The lowest BCUT2D eigenvalue weighted by Crippen LogP contribution is -2.21. The molecule has 0 unspecified atom stereocenters. The molecule has 0 spiro atoms. The molecule has 0 bridgehead atoms. The van der Waals surface area contributed by atoms with Crippen molar-refractivity contribution in [2.45, 2.75) is 32.1 Å². The molecule has 3 aromatic carbocycles. The van der Waals surface area contributed by atoms with Crippen molar-refractivity contribution in [1.29, 1.82) is 0 Å². The Kier molecular flexibility index (Phi) is 3.82. The zero-order valence-electron chi connectivity index (χ0n) is 15.4. The largest absolute Gasteiger partial charge is 0.273 e. The molecule has 0 saturated heterocycles. The SMILES string of the molecule is C/C(=N\NC(=O)[C@H]1C[C@@H]1c1ccccc1)c1ccc2c3c(cccc13)CC2. The lowest BCUT2D eigenvalue weighted by molar-refractivity contribution is -0.122. The molecular formula is C24H22N2O. The lowest BCUT2D eigenvalue weighted by atomic mass is 9.98. The summed E-state index contributed by atoms with van der Waals surface area (Å²) < 4.78 is 0. The van der Waals surface area contributed by atoms with Gasteiger partial charge < -0.3 is 0 Å². The molecule has 0 heterocycles. The second-order valence-electron chi connectivity index (χ2n) is 7.64. The number of aryl methyl sites for hydroxylation is 2. The van der Waals surface area contributed by atoms with E-state index in [1.165, 1.54) is 27.5 Å². The Hall–Kier alpha value is -2.94. The van der Waals surface area contributed by atoms with Crippen molar-refractivity contribution in [3.63, 3.8) is 0 Å². The highest BCUT2D eigenvalue weighted by Crippen LogP contribution is 2.47. The van der Waals surface area contributed by atoms with Gasteiger partial charge in [0.15, 0.2) is 0 Å². The molecule has 2 atom stereocenters. The molecule has 0 aromatic heterocycles. The average molecular weight is 354 g/mol. The summed E-state index contributed by atoms with van der Waals surface area (Å²) in [6, 6.07) is 21.1. The summed E-state index contributed by atoms with van der Waals surface area (Å²) >= 11 is 0. The van der Waals surface area contributed by atoms with E-state index >= 15 is 0 Å². The van der Waals surface area contributed by atoms with Gasteiger partial charge in [0.2, 0.25) is 5.91 Å². The van der Waals surface area contributed by atoms with Gasteiger partial charge in [-0.1, -0.05) is 60.7 Å². The first-order valence-electron chi connectivity index (χ1n) is 9.65. The number of hydrogen-bond acceptors (Lipinski definition) is 2. The zero-order valence-corrected chi connectivity index (χ0v) is 15.4. The predicted octanol–water partition coefficient (Wildman–Crippen LogP) is 4.58. The molecule has 1 N–H and O–H groups in total. The van der Waals surface area contributed by atoms with Crippen molar-refractivity contribution in [3.05, 3.63) is 82.9 Å². The van der Waals surface area contributed by atoms with Crippen LogP contribution in [0.15, 0.2) is 65.8 Å². The fraction of sp³-hybridized carbons (Fsp3) is 0.250. The molecule has 3 aromatic rings. The summed E-state index contributed by atoms with van der Waals surface area (Å²) in [5.74, 6) is 0.393. The Morgan fingerprint density at radius 2 is 1.74 bits per heavy atom. The van der Waals surface area contributed by atoms with E-state index in [0.29, 0.717) is 5.92 Å². The maximum absolute atomic E-state index is 12.5. The van der Waals surface area contributed by atoms with Gasteiger partial charge in [-0.15, -0.1) is 0 Å². The number of rotatable bonds is 4. The summed E-state index contributed by atoms with van der Waals surface area (Å²) in [7, 11) is 0. The number of nitrogens with zero attached hydrogens (tertiary/aromatic N) is 1. The predicted molar refractivity (Wildman–Crippen MR) is 109 cm³/mol. The van der Waals surface area contributed by atoms with Gasteiger partial charge in [0.25, 0.3) is 0 Å². The normalized spacial score (nSPS) is 20.7. The van der Waals surface area contributed by atoms with Crippen molar-refractivity contribution in [1.82, 2.24) is 5.43 Å². The minimum absolute atomic E-state index is 0.0223. The molecule has 3 heteroatoms. The van der Waals surface area contributed by atoms with Gasteiger partial charge in [-0.3, -0.25) is 4.79 Å². The standard InChI is InChI=1S/C24H22N2O/c1-15(19-13-12-18-11-10-17-8-5-9-20(19)23(17)18)25-26-24(27)22-14-21(22)16-6-3-2-4-7-16/h2-9,12-13,21-22H,10-11,14H2,1H3,(H,26,27)/b25-15+/t21-,22+/m1/s1. The van der Waals surface area contributed by atoms with E-state index < -0.39 is 0 Å². The fourth-order valence-corrected chi connectivity index (χ4v) is 4.40. The van der Waals surface area contributed by atoms with Crippen LogP contribution in [0.4, 0.5) is 0 Å². The van der Waals surface area contributed by atoms with Gasteiger partial charge in [-0.2, -0.15) is 5.10 Å². The van der Waals surface area contributed by atoms with Crippen molar-refractivity contribution < 1.29 is 4.79 Å². The minimum atomic E-state index is 0.0223. The van der Waals surface area contributed by atoms with Crippen LogP contribution >= 0.6 is 0 Å². The smallest absolute Gasteiger partial charge is 0.243 e. The molecule has 27 heavy (non-hydrogen) atoms. The molecule has 134 valence electrons. The van der Waals surface area contributed by atoms with Crippen LogP contribution in [0.1, 0.15) is 41.5 Å². The van der Waals surface area contributed by atoms with Crippen LogP contribution in [0.3, 0.4) is 0 Å². The van der Waals surface area contributed by atoms with E-state index in [2.05, 4.69) is 53.0 Å². The number of carbonyl (C=O) groups is 1. The van der Waals surface area contributed by atoms with Crippen LogP contribution in [0.5, 0.6) is 0 Å². The first-order chi connectivity index (χ1) is 13.2. The summed E-state index contributed by atoms with van der Waals surface area (Å²) in [4.78, 5) is 12.5. The third-order valence-electron chi connectivity index (χ3n) is 5.96. The molecule has 2 aliphatic rings. The quantitative estimate of drug-likeness (QED) is 0.541. The molecular weight excluding hydrogens is 332 g/mol. The molecule has 1 fully saturated rings. The number of nitrogens with one attached hydrogen (secondary N) is 1. The van der Waals surface area contributed by atoms with Gasteiger partial charge in [0, 0.05) is 11.5 Å². The van der Waals surface area contributed by atoms with Crippen LogP contribution in [0.25, 0.3) is 10.8 Å². The lowest BCUT2D eigenvalue weighted by Gasteiger charge is -2.09. The number of amides is 1.